The molecular weight excluding hydrogens is 284 g/mol. The van der Waals surface area contributed by atoms with Gasteiger partial charge >= 0.3 is 5.97 Å². The molecular formula is C8H16N2O6S2. The predicted molar refractivity (Wildman–Crippen MR) is 64.2 cm³/mol. The molecule has 0 aromatic heterocycles. The van der Waals surface area contributed by atoms with Gasteiger partial charge < -0.3 is 5.11 Å². The molecule has 0 radical (unpaired) electrons. The summed E-state index contributed by atoms with van der Waals surface area (Å²) in [5.74, 6) is -1.78. The first-order valence-electron chi connectivity index (χ1n) is 5.26. The molecule has 1 aliphatic rings. The van der Waals surface area contributed by atoms with E-state index in [0.717, 1.165) is 0 Å². The topological polar surface area (TPSA) is 135 Å². The lowest BCUT2D eigenvalue weighted by molar-refractivity contribution is -0.138. The fourth-order valence-electron chi connectivity index (χ4n) is 1.85. The molecule has 0 bridgehead atoms. The van der Waals surface area contributed by atoms with Crippen molar-refractivity contribution in [2.24, 2.45) is 5.14 Å². The van der Waals surface area contributed by atoms with Crippen molar-refractivity contribution in [3.8, 4) is 0 Å². The molecule has 0 amide bonds. The molecule has 18 heavy (non-hydrogen) atoms. The van der Waals surface area contributed by atoms with Crippen LogP contribution in [0.2, 0.25) is 0 Å². The minimum atomic E-state index is -3.64. The Hall–Kier alpha value is -0.710. The summed E-state index contributed by atoms with van der Waals surface area (Å²) in [5.41, 5.74) is 0. The van der Waals surface area contributed by atoms with E-state index in [0.29, 0.717) is 0 Å². The van der Waals surface area contributed by atoms with Crippen molar-refractivity contribution in [3.63, 3.8) is 0 Å². The lowest BCUT2D eigenvalue weighted by atomic mass is 10.2. The average molecular weight is 300 g/mol. The number of aliphatic carboxylic acids is 1. The fourth-order valence-corrected chi connectivity index (χ4v) is 3.93. The van der Waals surface area contributed by atoms with Crippen LogP contribution in [0.15, 0.2) is 0 Å². The molecule has 1 atom stereocenters. The van der Waals surface area contributed by atoms with Crippen LogP contribution in [-0.2, 0) is 24.7 Å². The van der Waals surface area contributed by atoms with E-state index in [1.54, 1.807) is 4.90 Å². The normalized spacial score (nSPS) is 24.8. The molecule has 0 spiro atoms. The van der Waals surface area contributed by atoms with Crippen LogP contribution in [-0.4, -0.2) is 69.2 Å². The lowest BCUT2D eigenvalue weighted by Gasteiger charge is -2.34. The van der Waals surface area contributed by atoms with Gasteiger partial charge in [-0.25, -0.2) is 22.0 Å². The first-order valence-corrected chi connectivity index (χ1v) is 8.79. The van der Waals surface area contributed by atoms with Crippen molar-refractivity contribution in [1.82, 2.24) is 4.90 Å². The number of nitrogens with two attached hydrogens (primary N) is 1. The van der Waals surface area contributed by atoms with Gasteiger partial charge in [0.15, 0.2) is 9.84 Å². The number of sulfonamides is 1. The van der Waals surface area contributed by atoms with Gasteiger partial charge in [0.1, 0.15) is 0 Å². The van der Waals surface area contributed by atoms with Crippen LogP contribution in [0.4, 0.5) is 0 Å². The van der Waals surface area contributed by atoms with E-state index in [4.69, 9.17) is 10.2 Å². The zero-order valence-electron chi connectivity index (χ0n) is 9.65. The summed E-state index contributed by atoms with van der Waals surface area (Å²) >= 11 is 0. The van der Waals surface area contributed by atoms with Gasteiger partial charge in [0.05, 0.1) is 23.7 Å². The van der Waals surface area contributed by atoms with Gasteiger partial charge in [-0.1, -0.05) is 0 Å². The Kier molecular flexibility index (Phi) is 4.70. The molecule has 8 nitrogen and oxygen atoms in total. The largest absolute Gasteiger partial charge is 0.481 e. The van der Waals surface area contributed by atoms with Gasteiger partial charge in [0.2, 0.25) is 10.0 Å². The summed E-state index contributed by atoms with van der Waals surface area (Å²) < 4.78 is 44.5. The van der Waals surface area contributed by atoms with E-state index in [1.165, 1.54) is 0 Å². The molecule has 106 valence electrons. The third-order valence-corrected chi connectivity index (χ3v) is 5.17. The van der Waals surface area contributed by atoms with Gasteiger partial charge in [0, 0.05) is 19.1 Å². The summed E-state index contributed by atoms with van der Waals surface area (Å²) in [6.45, 7) is 0.183. The van der Waals surface area contributed by atoms with Crippen LogP contribution in [0, 0.1) is 0 Å². The molecule has 0 aliphatic carbocycles. The Morgan fingerprint density at radius 3 is 2.56 bits per heavy atom. The number of hydrogen-bond acceptors (Lipinski definition) is 6. The summed E-state index contributed by atoms with van der Waals surface area (Å²) in [6, 6.07) is -0.692. The van der Waals surface area contributed by atoms with Gasteiger partial charge in [0.25, 0.3) is 0 Å². The predicted octanol–water partition coefficient (Wildman–Crippen LogP) is -2.15. The number of primary sulfonamides is 1. The van der Waals surface area contributed by atoms with Crippen molar-refractivity contribution in [2.45, 2.75) is 12.5 Å². The molecule has 1 fully saturated rings. The lowest BCUT2D eigenvalue weighted by Crippen LogP contribution is -2.50. The minimum absolute atomic E-state index is 0.0479. The van der Waals surface area contributed by atoms with Gasteiger partial charge in [-0.2, -0.15) is 0 Å². The van der Waals surface area contributed by atoms with E-state index in [2.05, 4.69) is 0 Å². The number of nitrogens with zero attached hydrogens (tertiary/aromatic N) is 1. The number of carboxylic acids is 1. The maximum absolute atomic E-state index is 11.4. The molecule has 1 unspecified atom stereocenters. The minimum Gasteiger partial charge on any atom is -0.481 e. The smallest absolute Gasteiger partial charge is 0.304 e. The zero-order valence-corrected chi connectivity index (χ0v) is 11.3. The van der Waals surface area contributed by atoms with E-state index in [9.17, 15) is 21.6 Å². The Balaban J connectivity index is 2.72. The Morgan fingerprint density at radius 2 is 2.06 bits per heavy atom. The van der Waals surface area contributed by atoms with E-state index in [1.807, 2.05) is 0 Å². The third-order valence-electron chi connectivity index (χ3n) is 2.73. The Labute approximate surface area is 106 Å². The first-order chi connectivity index (χ1) is 8.09. The highest BCUT2D eigenvalue weighted by Crippen LogP contribution is 2.14. The number of rotatable bonds is 5. The molecule has 0 saturated carbocycles. The fraction of sp³-hybridized carbons (Fsp3) is 0.875. The van der Waals surface area contributed by atoms with Gasteiger partial charge in [-0.3, -0.25) is 9.69 Å². The number of carbonyl (C=O) groups is 1. The standard InChI is InChI=1S/C8H16N2O6S2/c9-18(15,16)4-2-10-1-3-17(13,14)6-7(10)5-8(11)12/h7H,1-6H2,(H,11,12)(H2,9,15,16). The number of sulfone groups is 1. The second-order valence-electron chi connectivity index (χ2n) is 4.27. The van der Waals surface area contributed by atoms with E-state index < -0.39 is 31.9 Å². The maximum Gasteiger partial charge on any atom is 0.304 e. The van der Waals surface area contributed by atoms with Crippen molar-refractivity contribution >= 4 is 25.8 Å². The van der Waals surface area contributed by atoms with Crippen LogP contribution in [0.1, 0.15) is 6.42 Å². The maximum atomic E-state index is 11.4. The summed E-state index contributed by atoms with van der Waals surface area (Å²) in [7, 11) is -6.89. The second-order valence-corrected chi connectivity index (χ2v) is 8.23. The molecule has 1 aliphatic heterocycles. The number of carboxylic acid groups (broad SMARTS) is 1. The van der Waals surface area contributed by atoms with E-state index in [-0.39, 0.29) is 36.8 Å². The van der Waals surface area contributed by atoms with Gasteiger partial charge in [-0.05, 0) is 0 Å². The van der Waals surface area contributed by atoms with Crippen LogP contribution in [0.5, 0.6) is 0 Å². The van der Waals surface area contributed by atoms with Crippen LogP contribution in [0.25, 0.3) is 0 Å². The van der Waals surface area contributed by atoms with Crippen LogP contribution in [0.3, 0.4) is 0 Å². The summed E-state index contributed by atoms with van der Waals surface area (Å²) in [5, 5.41) is 13.6. The molecule has 3 N–H and O–H groups in total. The zero-order chi connectivity index (χ0) is 14.0. The van der Waals surface area contributed by atoms with Crippen molar-refractivity contribution < 1.29 is 26.7 Å². The number of hydrogen-bond donors (Lipinski definition) is 2. The first kappa shape index (κ1) is 15.3. The molecule has 1 saturated heterocycles. The SMILES string of the molecule is NS(=O)(=O)CCN1CCS(=O)(=O)CC1CC(=O)O. The third kappa shape index (κ3) is 5.29. The molecule has 10 heteroatoms. The van der Waals surface area contributed by atoms with Crippen LogP contribution < -0.4 is 5.14 Å². The highest BCUT2D eigenvalue weighted by atomic mass is 32.2. The highest BCUT2D eigenvalue weighted by molar-refractivity contribution is 7.91. The summed E-state index contributed by atoms with van der Waals surface area (Å²) in [4.78, 5) is 12.2. The van der Waals surface area contributed by atoms with Crippen molar-refractivity contribution in [2.75, 3.05) is 30.3 Å². The molecule has 0 aromatic carbocycles. The monoisotopic (exact) mass is 300 g/mol. The van der Waals surface area contributed by atoms with E-state index >= 15 is 0 Å². The second kappa shape index (κ2) is 5.51. The van der Waals surface area contributed by atoms with Gasteiger partial charge in [-0.15, -0.1) is 0 Å². The quantitative estimate of drug-likeness (QED) is 0.591. The van der Waals surface area contributed by atoms with Crippen molar-refractivity contribution in [3.05, 3.63) is 0 Å². The highest BCUT2D eigenvalue weighted by Gasteiger charge is 2.32. The molecule has 0 aromatic rings. The summed E-state index contributed by atoms with van der Waals surface area (Å²) in [6.07, 6.45) is -0.330. The van der Waals surface area contributed by atoms with Crippen LogP contribution >= 0.6 is 0 Å². The van der Waals surface area contributed by atoms with Crippen molar-refractivity contribution in [1.29, 1.82) is 0 Å². The Morgan fingerprint density at radius 1 is 1.44 bits per heavy atom. The Bertz CT molecular complexity index is 512. The average Bonchev–Trinajstić information content (AvgIpc) is 2.12. The molecule has 1 rings (SSSR count). The molecule has 1 heterocycles.